The lowest BCUT2D eigenvalue weighted by atomic mass is 10.1. The van der Waals surface area contributed by atoms with E-state index in [1.807, 2.05) is 0 Å². The third-order valence-electron chi connectivity index (χ3n) is 3.40. The molecule has 4 unspecified atom stereocenters. The fourth-order valence-electron chi connectivity index (χ4n) is 2.35. The highest BCUT2D eigenvalue weighted by molar-refractivity contribution is 6.00. The summed E-state index contributed by atoms with van der Waals surface area (Å²) in [4.78, 5) is 33.9. The zero-order valence-corrected chi connectivity index (χ0v) is 10.4. The number of carboxylic acids is 2. The number of rotatable bonds is 5. The molecule has 0 aliphatic heterocycles. The summed E-state index contributed by atoms with van der Waals surface area (Å²) in [5.74, 6) is -5.89. The van der Waals surface area contributed by atoms with Crippen LogP contribution < -0.4 is 11.1 Å². The highest BCUT2D eigenvalue weighted by Crippen LogP contribution is 2.49. The number of carbonyl (C=O) groups is 3. The van der Waals surface area contributed by atoms with Gasteiger partial charge in [0, 0.05) is 11.6 Å². The largest absolute Gasteiger partial charge is 0.481 e. The zero-order valence-electron chi connectivity index (χ0n) is 10.4. The molecule has 0 radical (unpaired) electrons. The molecule has 1 amide bonds. The molecule has 0 spiro atoms. The van der Waals surface area contributed by atoms with Crippen LogP contribution in [0.5, 0.6) is 0 Å². The molecule has 5 N–H and O–H groups in total. The number of benzene rings is 1. The molecule has 106 valence electrons. The predicted octanol–water partition coefficient (Wildman–Crippen LogP) is -0.0162. The number of aliphatic carboxylic acids is 2. The van der Waals surface area contributed by atoms with Crippen LogP contribution in [0.15, 0.2) is 30.3 Å². The molecule has 1 aliphatic rings. The lowest BCUT2D eigenvalue weighted by Crippen LogP contribution is -2.34. The normalized spacial score (nSPS) is 25.6. The van der Waals surface area contributed by atoms with Gasteiger partial charge in [-0.15, -0.1) is 0 Å². The van der Waals surface area contributed by atoms with Gasteiger partial charge in [-0.2, -0.15) is 0 Å². The Kier molecular flexibility index (Phi) is 3.71. The van der Waals surface area contributed by atoms with Gasteiger partial charge in [0.2, 0.25) is 5.91 Å². The average Bonchev–Trinajstić information content (AvgIpc) is 3.14. The molecule has 1 saturated carbocycles. The van der Waals surface area contributed by atoms with Gasteiger partial charge in [0.15, 0.2) is 0 Å². The Morgan fingerprint density at radius 2 is 1.70 bits per heavy atom. The van der Waals surface area contributed by atoms with Crippen LogP contribution in [-0.4, -0.2) is 34.1 Å². The lowest BCUT2D eigenvalue weighted by Gasteiger charge is -2.06. The van der Waals surface area contributed by atoms with E-state index < -0.39 is 41.6 Å². The van der Waals surface area contributed by atoms with Gasteiger partial charge in [-0.3, -0.25) is 14.4 Å². The number of nitrogens with two attached hydrogens (primary N) is 1. The van der Waals surface area contributed by atoms with Crippen LogP contribution in [0.4, 0.5) is 5.69 Å². The highest BCUT2D eigenvalue weighted by Gasteiger charge is 2.63. The van der Waals surface area contributed by atoms with Crippen LogP contribution in [0.3, 0.4) is 0 Å². The summed E-state index contributed by atoms with van der Waals surface area (Å²) in [5, 5.41) is 20.4. The van der Waals surface area contributed by atoms with Crippen molar-refractivity contribution in [3.63, 3.8) is 0 Å². The van der Waals surface area contributed by atoms with Crippen LogP contribution in [0.1, 0.15) is 0 Å². The van der Waals surface area contributed by atoms with E-state index in [-0.39, 0.29) is 0 Å². The molecule has 4 atom stereocenters. The van der Waals surface area contributed by atoms with Crippen molar-refractivity contribution < 1.29 is 24.6 Å². The molecule has 0 saturated heterocycles. The van der Waals surface area contributed by atoms with Gasteiger partial charge < -0.3 is 21.3 Å². The summed E-state index contributed by atoms with van der Waals surface area (Å²) in [6.07, 6.45) is 0. The number of para-hydroxylation sites is 1. The van der Waals surface area contributed by atoms with Gasteiger partial charge in [-0.25, -0.2) is 0 Å². The monoisotopic (exact) mass is 278 g/mol. The van der Waals surface area contributed by atoms with Crippen molar-refractivity contribution in [1.82, 2.24) is 0 Å². The smallest absolute Gasteiger partial charge is 0.320 e. The third kappa shape index (κ3) is 2.62. The van der Waals surface area contributed by atoms with E-state index in [9.17, 15) is 14.4 Å². The fraction of sp³-hybridized carbons (Fsp3) is 0.308. The van der Waals surface area contributed by atoms with Crippen molar-refractivity contribution in [2.75, 3.05) is 5.32 Å². The molecular weight excluding hydrogens is 264 g/mol. The number of anilines is 1. The van der Waals surface area contributed by atoms with Crippen molar-refractivity contribution in [3.05, 3.63) is 30.3 Å². The molecule has 1 fully saturated rings. The minimum absolute atomic E-state index is 0.523. The van der Waals surface area contributed by atoms with E-state index in [4.69, 9.17) is 15.9 Å². The van der Waals surface area contributed by atoms with Gasteiger partial charge in [0.05, 0.1) is 11.8 Å². The van der Waals surface area contributed by atoms with Gasteiger partial charge in [0.1, 0.15) is 6.04 Å². The Bertz CT molecular complexity index is 545. The Hall–Kier alpha value is -2.41. The first kappa shape index (κ1) is 14.0. The summed E-state index contributed by atoms with van der Waals surface area (Å²) in [6, 6.07) is 7.16. The maximum atomic E-state index is 12.0. The second-order valence-electron chi connectivity index (χ2n) is 4.69. The van der Waals surface area contributed by atoms with Gasteiger partial charge >= 0.3 is 11.9 Å². The molecule has 2 rings (SSSR count). The molecule has 1 aromatic carbocycles. The summed E-state index contributed by atoms with van der Waals surface area (Å²) in [7, 11) is 0. The summed E-state index contributed by atoms with van der Waals surface area (Å²) in [6.45, 7) is 0. The van der Waals surface area contributed by atoms with Crippen LogP contribution >= 0.6 is 0 Å². The van der Waals surface area contributed by atoms with Crippen molar-refractivity contribution in [1.29, 1.82) is 0 Å². The number of carbonyl (C=O) groups excluding carboxylic acids is 1. The third-order valence-corrected chi connectivity index (χ3v) is 3.40. The van der Waals surface area contributed by atoms with Gasteiger partial charge in [-0.1, -0.05) is 18.2 Å². The van der Waals surface area contributed by atoms with Gasteiger partial charge in [0.25, 0.3) is 0 Å². The second-order valence-corrected chi connectivity index (χ2v) is 4.69. The van der Waals surface area contributed by atoms with Crippen LogP contribution in [0.2, 0.25) is 0 Å². The first-order chi connectivity index (χ1) is 9.43. The van der Waals surface area contributed by atoms with E-state index in [1.54, 1.807) is 30.3 Å². The van der Waals surface area contributed by atoms with E-state index in [0.29, 0.717) is 5.69 Å². The Morgan fingerprint density at radius 1 is 1.10 bits per heavy atom. The molecule has 1 aromatic rings. The maximum Gasteiger partial charge on any atom is 0.320 e. The molecule has 7 heteroatoms. The first-order valence-electron chi connectivity index (χ1n) is 6.00. The van der Waals surface area contributed by atoms with E-state index >= 15 is 0 Å². The quantitative estimate of drug-likeness (QED) is 0.599. The average molecular weight is 278 g/mol. The zero-order chi connectivity index (χ0) is 14.9. The van der Waals surface area contributed by atoms with E-state index in [2.05, 4.69) is 5.32 Å². The summed E-state index contributed by atoms with van der Waals surface area (Å²) < 4.78 is 0. The molecular formula is C13H14N2O5. The lowest BCUT2D eigenvalue weighted by molar-refractivity contribution is -0.140. The molecule has 0 heterocycles. The molecule has 1 aliphatic carbocycles. The summed E-state index contributed by atoms with van der Waals surface area (Å²) >= 11 is 0. The van der Waals surface area contributed by atoms with Crippen LogP contribution in [0.25, 0.3) is 0 Å². The highest BCUT2D eigenvalue weighted by atomic mass is 16.4. The predicted molar refractivity (Wildman–Crippen MR) is 68.8 cm³/mol. The molecule has 20 heavy (non-hydrogen) atoms. The number of carboxylic acid groups (broad SMARTS) is 2. The number of amides is 1. The van der Waals surface area contributed by atoms with E-state index in [0.717, 1.165) is 0 Å². The first-order valence-corrected chi connectivity index (χ1v) is 6.00. The molecule has 0 bridgehead atoms. The van der Waals surface area contributed by atoms with Crippen LogP contribution in [0, 0.1) is 17.8 Å². The van der Waals surface area contributed by atoms with Crippen molar-refractivity contribution in [3.8, 4) is 0 Å². The second kappa shape index (κ2) is 5.30. The number of hydrogen-bond acceptors (Lipinski definition) is 4. The fourth-order valence-corrected chi connectivity index (χ4v) is 2.35. The SMILES string of the molecule is NC(C(=O)O)C1C(C(=O)O)C1C(=O)Nc1ccccc1. The van der Waals surface area contributed by atoms with E-state index in [1.165, 1.54) is 0 Å². The number of hydrogen-bond donors (Lipinski definition) is 4. The minimum Gasteiger partial charge on any atom is -0.481 e. The topological polar surface area (TPSA) is 130 Å². The van der Waals surface area contributed by atoms with Crippen molar-refractivity contribution in [2.24, 2.45) is 23.5 Å². The summed E-state index contributed by atoms with van der Waals surface area (Å²) in [5.41, 5.74) is 5.95. The Morgan fingerprint density at radius 3 is 2.20 bits per heavy atom. The molecule has 7 nitrogen and oxygen atoms in total. The standard InChI is InChI=1S/C13H14N2O5/c14-10(13(19)20)7-8(9(7)12(17)18)11(16)15-6-4-2-1-3-5-6/h1-5,7-10H,14H2,(H,15,16)(H,17,18)(H,19,20). The Labute approximate surface area is 114 Å². The maximum absolute atomic E-state index is 12.0. The number of nitrogens with one attached hydrogen (secondary N) is 1. The molecule has 0 aromatic heterocycles. The van der Waals surface area contributed by atoms with Crippen molar-refractivity contribution in [2.45, 2.75) is 6.04 Å². The van der Waals surface area contributed by atoms with Crippen molar-refractivity contribution >= 4 is 23.5 Å². The van der Waals surface area contributed by atoms with Crippen LogP contribution in [-0.2, 0) is 14.4 Å². The van der Waals surface area contributed by atoms with Gasteiger partial charge in [-0.05, 0) is 12.1 Å². The minimum atomic E-state index is -1.36. The Balaban J connectivity index is 2.09.